The number of ether oxygens (including phenoxy) is 2. The molecule has 1 aliphatic carbocycles. The summed E-state index contributed by atoms with van der Waals surface area (Å²) in [5.41, 5.74) is 2.98. The van der Waals surface area contributed by atoms with Gasteiger partial charge in [0.05, 0.1) is 20.3 Å². The number of carbonyl (C=O) groups excluding carboxylic acids is 1. The van der Waals surface area contributed by atoms with Gasteiger partial charge in [-0.25, -0.2) is 5.48 Å². The molecule has 1 saturated carbocycles. The van der Waals surface area contributed by atoms with E-state index in [9.17, 15) is 4.79 Å². The second-order valence-corrected chi connectivity index (χ2v) is 4.53. The van der Waals surface area contributed by atoms with Gasteiger partial charge in [0.2, 0.25) is 0 Å². The standard InChI is InChI=1S/C14H19NO4/c1-17-12-8-7-10(9-13(12)18-2)14(16)15-19-11-5-3-4-6-11/h7-9,11H,3-6H2,1-2H3,(H,15,16). The van der Waals surface area contributed by atoms with Crippen molar-refractivity contribution >= 4 is 5.91 Å². The molecule has 5 nitrogen and oxygen atoms in total. The highest BCUT2D eigenvalue weighted by Crippen LogP contribution is 2.27. The van der Waals surface area contributed by atoms with Gasteiger partial charge in [-0.05, 0) is 31.0 Å². The average Bonchev–Trinajstić information content (AvgIpc) is 2.97. The summed E-state index contributed by atoms with van der Waals surface area (Å²) in [6, 6.07) is 5.00. The molecule has 0 radical (unpaired) electrons. The number of methoxy groups -OCH3 is 2. The van der Waals surface area contributed by atoms with E-state index in [1.807, 2.05) is 0 Å². The van der Waals surface area contributed by atoms with Crippen LogP contribution in [0, 0.1) is 0 Å². The van der Waals surface area contributed by atoms with Gasteiger partial charge in [-0.3, -0.25) is 9.63 Å². The zero-order valence-electron chi connectivity index (χ0n) is 11.3. The monoisotopic (exact) mass is 265 g/mol. The number of carbonyl (C=O) groups is 1. The fourth-order valence-corrected chi connectivity index (χ4v) is 2.18. The van der Waals surface area contributed by atoms with E-state index in [0.717, 1.165) is 25.7 Å². The van der Waals surface area contributed by atoms with E-state index in [4.69, 9.17) is 14.3 Å². The summed E-state index contributed by atoms with van der Waals surface area (Å²) in [5, 5.41) is 0. The summed E-state index contributed by atoms with van der Waals surface area (Å²) in [6.45, 7) is 0. The zero-order chi connectivity index (χ0) is 13.7. The fraction of sp³-hybridized carbons (Fsp3) is 0.500. The van der Waals surface area contributed by atoms with Crippen molar-refractivity contribution in [2.75, 3.05) is 14.2 Å². The summed E-state index contributed by atoms with van der Waals surface area (Å²) in [7, 11) is 3.09. The van der Waals surface area contributed by atoms with Crippen molar-refractivity contribution in [1.29, 1.82) is 0 Å². The molecule has 1 fully saturated rings. The maximum absolute atomic E-state index is 11.9. The normalized spacial score (nSPS) is 15.3. The van der Waals surface area contributed by atoms with Crippen molar-refractivity contribution in [3.63, 3.8) is 0 Å². The van der Waals surface area contributed by atoms with Crippen LogP contribution in [0.3, 0.4) is 0 Å². The highest BCUT2D eigenvalue weighted by atomic mass is 16.7. The average molecular weight is 265 g/mol. The minimum Gasteiger partial charge on any atom is -0.493 e. The molecule has 1 aromatic rings. The smallest absolute Gasteiger partial charge is 0.274 e. The second kappa shape index (κ2) is 6.43. The third kappa shape index (κ3) is 3.38. The Hall–Kier alpha value is -1.75. The summed E-state index contributed by atoms with van der Waals surface area (Å²) in [4.78, 5) is 17.3. The molecule has 0 heterocycles. The van der Waals surface area contributed by atoms with E-state index in [-0.39, 0.29) is 12.0 Å². The number of amides is 1. The van der Waals surface area contributed by atoms with Crippen LogP contribution in [-0.2, 0) is 4.84 Å². The molecule has 1 aliphatic rings. The van der Waals surface area contributed by atoms with E-state index in [2.05, 4.69) is 5.48 Å². The number of hydrogen-bond donors (Lipinski definition) is 1. The molecule has 0 aliphatic heterocycles. The first kappa shape index (κ1) is 13.7. The Morgan fingerprint density at radius 1 is 1.16 bits per heavy atom. The van der Waals surface area contributed by atoms with Gasteiger partial charge in [0.15, 0.2) is 11.5 Å². The van der Waals surface area contributed by atoms with Crippen LogP contribution >= 0.6 is 0 Å². The van der Waals surface area contributed by atoms with Gasteiger partial charge in [0.1, 0.15) is 0 Å². The van der Waals surface area contributed by atoms with Crippen LogP contribution in [0.5, 0.6) is 11.5 Å². The molecule has 1 aromatic carbocycles. The van der Waals surface area contributed by atoms with Crippen molar-refractivity contribution in [3.8, 4) is 11.5 Å². The van der Waals surface area contributed by atoms with E-state index < -0.39 is 0 Å². The van der Waals surface area contributed by atoms with E-state index >= 15 is 0 Å². The molecule has 0 unspecified atom stereocenters. The number of nitrogens with one attached hydrogen (secondary N) is 1. The van der Waals surface area contributed by atoms with Crippen molar-refractivity contribution in [3.05, 3.63) is 23.8 Å². The van der Waals surface area contributed by atoms with Crippen molar-refractivity contribution < 1.29 is 19.1 Å². The summed E-state index contributed by atoms with van der Waals surface area (Å²) < 4.78 is 10.3. The van der Waals surface area contributed by atoms with Gasteiger partial charge in [-0.15, -0.1) is 0 Å². The quantitative estimate of drug-likeness (QED) is 0.830. The lowest BCUT2D eigenvalue weighted by Gasteiger charge is -2.12. The maximum atomic E-state index is 11.9. The molecular weight excluding hydrogens is 246 g/mol. The molecule has 0 saturated heterocycles. The topological polar surface area (TPSA) is 56.8 Å². The predicted molar refractivity (Wildman–Crippen MR) is 70.4 cm³/mol. The predicted octanol–water partition coefficient (Wildman–Crippen LogP) is 2.31. The Morgan fingerprint density at radius 2 is 1.84 bits per heavy atom. The van der Waals surface area contributed by atoms with Gasteiger partial charge in [0.25, 0.3) is 5.91 Å². The Morgan fingerprint density at radius 3 is 2.47 bits per heavy atom. The lowest BCUT2D eigenvalue weighted by molar-refractivity contribution is -0.0125. The Kier molecular flexibility index (Phi) is 4.63. The van der Waals surface area contributed by atoms with Crippen LogP contribution in [-0.4, -0.2) is 26.2 Å². The molecule has 104 valence electrons. The molecule has 1 amide bonds. The first-order valence-corrected chi connectivity index (χ1v) is 6.42. The van der Waals surface area contributed by atoms with Crippen molar-refractivity contribution in [2.45, 2.75) is 31.8 Å². The van der Waals surface area contributed by atoms with Crippen LogP contribution < -0.4 is 15.0 Å². The zero-order valence-corrected chi connectivity index (χ0v) is 11.3. The van der Waals surface area contributed by atoms with E-state index in [0.29, 0.717) is 17.1 Å². The molecule has 19 heavy (non-hydrogen) atoms. The largest absolute Gasteiger partial charge is 0.493 e. The first-order valence-electron chi connectivity index (χ1n) is 6.42. The minimum absolute atomic E-state index is 0.143. The Labute approximate surface area is 112 Å². The lowest BCUT2D eigenvalue weighted by Crippen LogP contribution is -2.28. The molecule has 0 atom stereocenters. The van der Waals surface area contributed by atoms with Crippen LogP contribution in [0.2, 0.25) is 0 Å². The first-order chi connectivity index (χ1) is 9.24. The van der Waals surface area contributed by atoms with Gasteiger partial charge >= 0.3 is 0 Å². The molecule has 0 aromatic heterocycles. The lowest BCUT2D eigenvalue weighted by atomic mass is 10.2. The van der Waals surface area contributed by atoms with Crippen LogP contribution in [0.15, 0.2) is 18.2 Å². The minimum atomic E-state index is -0.271. The summed E-state index contributed by atoms with van der Waals surface area (Å²) in [5.74, 6) is 0.847. The molecule has 5 heteroatoms. The van der Waals surface area contributed by atoms with Gasteiger partial charge < -0.3 is 9.47 Å². The third-order valence-electron chi connectivity index (χ3n) is 3.27. The Balaban J connectivity index is 1.98. The molecule has 0 bridgehead atoms. The van der Waals surface area contributed by atoms with Crippen LogP contribution in [0.25, 0.3) is 0 Å². The van der Waals surface area contributed by atoms with Crippen LogP contribution in [0.1, 0.15) is 36.0 Å². The van der Waals surface area contributed by atoms with Crippen molar-refractivity contribution in [1.82, 2.24) is 5.48 Å². The fourth-order valence-electron chi connectivity index (χ4n) is 2.18. The SMILES string of the molecule is COc1ccc(C(=O)NOC2CCCC2)cc1OC. The van der Waals surface area contributed by atoms with Crippen molar-refractivity contribution in [2.24, 2.45) is 0 Å². The summed E-state index contributed by atoms with van der Waals surface area (Å²) >= 11 is 0. The number of rotatable bonds is 5. The van der Waals surface area contributed by atoms with E-state index in [1.165, 1.54) is 7.11 Å². The number of hydroxylamine groups is 1. The van der Waals surface area contributed by atoms with Gasteiger partial charge in [-0.2, -0.15) is 0 Å². The number of benzene rings is 1. The molecule has 1 N–H and O–H groups in total. The van der Waals surface area contributed by atoms with Gasteiger partial charge in [0, 0.05) is 5.56 Å². The molecule has 2 rings (SSSR count). The highest BCUT2D eigenvalue weighted by molar-refractivity contribution is 5.94. The second-order valence-electron chi connectivity index (χ2n) is 4.53. The third-order valence-corrected chi connectivity index (χ3v) is 3.27. The molecular formula is C14H19NO4. The summed E-state index contributed by atoms with van der Waals surface area (Å²) in [6.07, 6.45) is 4.48. The maximum Gasteiger partial charge on any atom is 0.274 e. The van der Waals surface area contributed by atoms with Crippen LogP contribution in [0.4, 0.5) is 0 Å². The number of hydrogen-bond acceptors (Lipinski definition) is 4. The van der Waals surface area contributed by atoms with Gasteiger partial charge in [-0.1, -0.05) is 12.8 Å². The van der Waals surface area contributed by atoms with E-state index in [1.54, 1.807) is 25.3 Å². The Bertz CT molecular complexity index is 441. The highest BCUT2D eigenvalue weighted by Gasteiger charge is 2.18. The molecule has 0 spiro atoms.